The minimum Gasteiger partial charge on any atom is -0.497 e. The number of fused-ring (bicyclic) bond motifs is 1. The highest BCUT2D eigenvalue weighted by atomic mass is 32.1. The van der Waals surface area contributed by atoms with Crippen LogP contribution in [0.15, 0.2) is 97.2 Å². The number of ether oxygens (including phenoxy) is 1. The molecule has 3 aromatic carbocycles. The lowest BCUT2D eigenvalue weighted by atomic mass is 9.96. The first-order valence-electron chi connectivity index (χ1n) is 12.4. The van der Waals surface area contributed by atoms with Gasteiger partial charge >= 0.3 is 0 Å². The Morgan fingerprint density at radius 2 is 1.68 bits per heavy atom. The molecule has 0 unspecified atom stereocenters. The topological polar surface area (TPSA) is 42.3 Å². The van der Waals surface area contributed by atoms with E-state index in [0.29, 0.717) is 5.11 Å². The first-order chi connectivity index (χ1) is 18.1. The van der Waals surface area contributed by atoms with Crippen LogP contribution in [0.5, 0.6) is 5.75 Å². The Morgan fingerprint density at radius 1 is 0.892 bits per heavy atom. The van der Waals surface area contributed by atoms with E-state index in [9.17, 15) is 0 Å². The SMILES string of the molecule is COc1cccc(N2C(=S)N[C@@H](c3ccccn3)[C@H]2c2cc(C)n(-c3cccc4ccccc34)c2C)c1. The van der Waals surface area contributed by atoms with Crippen molar-refractivity contribution < 1.29 is 4.74 Å². The van der Waals surface area contributed by atoms with Crippen molar-refractivity contribution in [2.24, 2.45) is 0 Å². The van der Waals surface area contributed by atoms with E-state index in [1.807, 2.05) is 36.5 Å². The van der Waals surface area contributed by atoms with E-state index in [0.717, 1.165) is 17.1 Å². The van der Waals surface area contributed by atoms with E-state index in [1.54, 1.807) is 7.11 Å². The summed E-state index contributed by atoms with van der Waals surface area (Å²) < 4.78 is 7.90. The Morgan fingerprint density at radius 3 is 2.49 bits per heavy atom. The maximum atomic E-state index is 5.94. The predicted molar refractivity (Wildman–Crippen MR) is 154 cm³/mol. The summed E-state index contributed by atoms with van der Waals surface area (Å²) in [4.78, 5) is 6.91. The van der Waals surface area contributed by atoms with Crippen molar-refractivity contribution in [1.29, 1.82) is 0 Å². The fourth-order valence-corrected chi connectivity index (χ4v) is 5.92. The molecule has 6 rings (SSSR count). The molecule has 6 heteroatoms. The van der Waals surface area contributed by atoms with Gasteiger partial charge in [-0.1, -0.05) is 48.5 Å². The Bertz CT molecular complexity index is 1610. The van der Waals surface area contributed by atoms with Crippen molar-refractivity contribution in [3.05, 3.63) is 120 Å². The third kappa shape index (κ3) is 3.94. The molecule has 0 bridgehead atoms. The van der Waals surface area contributed by atoms with Crippen LogP contribution in [0.25, 0.3) is 16.5 Å². The van der Waals surface area contributed by atoms with Crippen molar-refractivity contribution in [3.63, 3.8) is 0 Å². The molecule has 0 aliphatic carbocycles. The summed E-state index contributed by atoms with van der Waals surface area (Å²) in [5.41, 5.74) is 6.67. The number of hydrogen-bond acceptors (Lipinski definition) is 3. The number of benzene rings is 3. The minimum atomic E-state index is -0.110. The molecule has 3 heterocycles. The Balaban J connectivity index is 1.55. The van der Waals surface area contributed by atoms with E-state index < -0.39 is 0 Å². The predicted octanol–water partition coefficient (Wildman–Crippen LogP) is 6.83. The molecule has 184 valence electrons. The van der Waals surface area contributed by atoms with Gasteiger partial charge in [-0.15, -0.1) is 0 Å². The monoisotopic (exact) mass is 504 g/mol. The van der Waals surface area contributed by atoms with Gasteiger partial charge in [-0.3, -0.25) is 4.98 Å². The highest BCUT2D eigenvalue weighted by molar-refractivity contribution is 7.80. The lowest BCUT2D eigenvalue weighted by molar-refractivity contribution is 0.415. The van der Waals surface area contributed by atoms with Crippen molar-refractivity contribution in [2.75, 3.05) is 12.0 Å². The molecule has 1 aliphatic heterocycles. The summed E-state index contributed by atoms with van der Waals surface area (Å²) in [6.45, 7) is 4.37. The number of aryl methyl sites for hydroxylation is 1. The van der Waals surface area contributed by atoms with Crippen LogP contribution in [0.1, 0.15) is 34.7 Å². The normalized spacial score (nSPS) is 17.3. The number of anilines is 1. The number of aromatic nitrogens is 2. The smallest absolute Gasteiger partial charge is 0.174 e. The fourth-order valence-electron chi connectivity index (χ4n) is 5.57. The molecule has 1 saturated heterocycles. The molecule has 0 radical (unpaired) electrons. The average molecular weight is 505 g/mol. The molecular formula is C31H28N4OS. The number of pyridine rings is 1. The zero-order valence-electron chi connectivity index (χ0n) is 21.1. The number of hydrogen-bond donors (Lipinski definition) is 1. The molecule has 5 nitrogen and oxygen atoms in total. The van der Waals surface area contributed by atoms with Gasteiger partial charge in [0.05, 0.1) is 30.6 Å². The summed E-state index contributed by atoms with van der Waals surface area (Å²) in [6.07, 6.45) is 1.84. The van der Waals surface area contributed by atoms with Gasteiger partial charge in [-0.25, -0.2) is 0 Å². The van der Waals surface area contributed by atoms with Gasteiger partial charge in [0.15, 0.2) is 5.11 Å². The van der Waals surface area contributed by atoms with E-state index in [1.165, 1.54) is 33.4 Å². The number of methoxy groups -OCH3 is 1. The zero-order valence-corrected chi connectivity index (χ0v) is 21.9. The summed E-state index contributed by atoms with van der Waals surface area (Å²) in [7, 11) is 1.69. The first-order valence-corrected chi connectivity index (χ1v) is 12.8. The second-order valence-electron chi connectivity index (χ2n) is 9.36. The van der Waals surface area contributed by atoms with E-state index in [4.69, 9.17) is 21.9 Å². The molecule has 0 amide bonds. The fraction of sp³-hybridized carbons (Fsp3) is 0.161. The van der Waals surface area contributed by atoms with Crippen LogP contribution in [-0.2, 0) is 0 Å². The number of nitrogens with zero attached hydrogens (tertiary/aromatic N) is 3. The van der Waals surface area contributed by atoms with Crippen molar-refractivity contribution in [3.8, 4) is 11.4 Å². The maximum Gasteiger partial charge on any atom is 0.174 e. The van der Waals surface area contributed by atoms with Crippen LogP contribution in [0.4, 0.5) is 5.69 Å². The summed E-state index contributed by atoms with van der Waals surface area (Å²) >= 11 is 5.94. The largest absolute Gasteiger partial charge is 0.497 e. The molecular weight excluding hydrogens is 476 g/mol. The lowest BCUT2D eigenvalue weighted by Crippen LogP contribution is -2.29. The van der Waals surface area contributed by atoms with E-state index in [-0.39, 0.29) is 12.1 Å². The molecule has 37 heavy (non-hydrogen) atoms. The highest BCUT2D eigenvalue weighted by Crippen LogP contribution is 2.44. The van der Waals surface area contributed by atoms with Gasteiger partial charge in [0, 0.05) is 34.7 Å². The second-order valence-corrected chi connectivity index (χ2v) is 9.74. The summed E-state index contributed by atoms with van der Waals surface area (Å²) in [5, 5.41) is 6.70. The summed E-state index contributed by atoms with van der Waals surface area (Å²) in [6, 6.07) is 31.2. The Labute approximate surface area is 222 Å². The average Bonchev–Trinajstić information content (AvgIpc) is 3.43. The Hall–Kier alpha value is -4.16. The molecule has 5 aromatic rings. The van der Waals surface area contributed by atoms with Crippen molar-refractivity contribution in [2.45, 2.75) is 25.9 Å². The number of rotatable bonds is 5. The van der Waals surface area contributed by atoms with Crippen LogP contribution in [0.3, 0.4) is 0 Å². The standard InChI is InChI=1S/C31H28N4OS/c1-20-18-26(21(2)34(20)28-16-8-11-22-10-4-5-14-25(22)28)30-29(27-15-6-7-17-32-27)33-31(37)35(30)23-12-9-13-24(19-23)36-3/h4-19,29-30H,1-3H3,(H,33,37)/t29-,30+/m0/s1. The third-order valence-corrected chi connectivity index (χ3v) is 7.54. The van der Waals surface area contributed by atoms with Gasteiger partial charge in [-0.2, -0.15) is 0 Å². The van der Waals surface area contributed by atoms with Gasteiger partial charge in [0.2, 0.25) is 0 Å². The zero-order chi connectivity index (χ0) is 25.5. The van der Waals surface area contributed by atoms with Crippen LogP contribution in [0.2, 0.25) is 0 Å². The third-order valence-electron chi connectivity index (χ3n) is 7.23. The molecule has 0 saturated carbocycles. The van der Waals surface area contributed by atoms with Crippen molar-refractivity contribution >= 4 is 33.8 Å². The van der Waals surface area contributed by atoms with E-state index in [2.05, 4.69) is 89.3 Å². The summed E-state index contributed by atoms with van der Waals surface area (Å²) in [5.74, 6) is 0.793. The number of nitrogens with one attached hydrogen (secondary N) is 1. The van der Waals surface area contributed by atoms with Gasteiger partial charge in [0.25, 0.3) is 0 Å². The Kier molecular flexibility index (Phi) is 5.89. The number of thiocarbonyl (C=S) groups is 1. The van der Waals surface area contributed by atoms with Gasteiger partial charge in [0.1, 0.15) is 5.75 Å². The quantitative estimate of drug-likeness (QED) is 0.266. The molecule has 0 spiro atoms. The maximum absolute atomic E-state index is 5.94. The van der Waals surface area contributed by atoms with Crippen LogP contribution in [-0.4, -0.2) is 21.8 Å². The molecule has 1 fully saturated rings. The van der Waals surface area contributed by atoms with Crippen LogP contribution < -0.4 is 15.0 Å². The van der Waals surface area contributed by atoms with Crippen LogP contribution in [0, 0.1) is 13.8 Å². The van der Waals surface area contributed by atoms with E-state index >= 15 is 0 Å². The molecule has 2 atom stereocenters. The van der Waals surface area contributed by atoms with Gasteiger partial charge < -0.3 is 19.5 Å². The lowest BCUT2D eigenvalue weighted by Gasteiger charge is -2.28. The first kappa shape index (κ1) is 23.3. The second kappa shape index (κ2) is 9.37. The molecule has 2 aromatic heterocycles. The minimum absolute atomic E-state index is 0.0931. The van der Waals surface area contributed by atoms with Crippen LogP contribution >= 0.6 is 12.2 Å². The van der Waals surface area contributed by atoms with Crippen molar-refractivity contribution in [1.82, 2.24) is 14.9 Å². The molecule has 1 N–H and O–H groups in total. The molecule has 1 aliphatic rings. The highest BCUT2D eigenvalue weighted by Gasteiger charge is 2.42. The van der Waals surface area contributed by atoms with Gasteiger partial charge in [-0.05, 0) is 73.4 Å².